The maximum Gasteiger partial charge on any atom is 0.194 e. The van der Waals surface area contributed by atoms with Crippen LogP contribution in [-0.4, -0.2) is 18.8 Å². The van der Waals surface area contributed by atoms with Crippen LogP contribution in [0.5, 0.6) is 0 Å². The van der Waals surface area contributed by atoms with E-state index in [4.69, 9.17) is 0 Å². The Hall–Kier alpha value is -0.800. The summed E-state index contributed by atoms with van der Waals surface area (Å²) in [5, 5.41) is 15.8. The van der Waals surface area contributed by atoms with E-state index in [1.165, 1.54) is 0 Å². The van der Waals surface area contributed by atoms with Crippen molar-refractivity contribution in [3.05, 3.63) is 0 Å². The third-order valence-corrected chi connectivity index (χ3v) is 1.74. The molecule has 4 heteroatoms. The Morgan fingerprint density at radius 2 is 1.44 bits per heavy atom. The third kappa shape index (κ3) is 0.658. The summed E-state index contributed by atoms with van der Waals surface area (Å²) in [6.45, 7) is 1.66. The zero-order valence-corrected chi connectivity index (χ0v) is 5.12. The van der Waals surface area contributed by atoms with Crippen LogP contribution in [-0.2, 0) is 0 Å². The van der Waals surface area contributed by atoms with Crippen LogP contribution in [0.15, 0.2) is 20.5 Å². The smallest absolute Gasteiger partial charge is 0.191 e. The molecule has 0 aliphatic carbocycles. The predicted molar refractivity (Wildman–Crippen MR) is 31.4 cm³/mol. The molecule has 1 spiro atoms. The lowest BCUT2D eigenvalue weighted by atomic mass is 10.1. The molecule has 0 N–H and O–H groups in total. The summed E-state index contributed by atoms with van der Waals surface area (Å²) in [5.74, 6) is 0. The van der Waals surface area contributed by atoms with Crippen molar-refractivity contribution in [1.82, 2.24) is 0 Å². The Morgan fingerprint density at radius 1 is 0.889 bits per heavy atom. The van der Waals surface area contributed by atoms with E-state index < -0.39 is 0 Å². The lowest BCUT2D eigenvalue weighted by Crippen LogP contribution is -2.17. The van der Waals surface area contributed by atoms with Gasteiger partial charge >= 0.3 is 0 Å². The number of hydrogen-bond donors (Lipinski definition) is 0. The van der Waals surface area contributed by atoms with Gasteiger partial charge in [0.1, 0.15) is 0 Å². The minimum absolute atomic E-state index is 0.194. The second-order valence-electron chi connectivity index (χ2n) is 2.41. The van der Waals surface area contributed by atoms with Crippen molar-refractivity contribution in [2.45, 2.75) is 18.5 Å². The summed E-state index contributed by atoms with van der Waals surface area (Å²) in [4.78, 5) is 0. The molecule has 0 aromatic rings. The van der Waals surface area contributed by atoms with E-state index >= 15 is 0 Å². The summed E-state index contributed by atoms with van der Waals surface area (Å²) in [7, 11) is 0. The first-order chi connectivity index (χ1) is 4.41. The molecule has 0 amide bonds. The Morgan fingerprint density at radius 3 is 1.78 bits per heavy atom. The first kappa shape index (κ1) is 5.02. The molecule has 9 heavy (non-hydrogen) atoms. The Labute approximate surface area is 53.1 Å². The highest BCUT2D eigenvalue weighted by Gasteiger charge is 2.35. The minimum atomic E-state index is -0.194. The number of hydrogen-bond acceptors (Lipinski definition) is 4. The molecule has 0 aromatic heterocycles. The molecule has 0 unspecified atom stereocenters. The van der Waals surface area contributed by atoms with Crippen molar-refractivity contribution < 1.29 is 0 Å². The molecule has 0 saturated heterocycles. The highest BCUT2D eigenvalue weighted by Crippen LogP contribution is 2.31. The van der Waals surface area contributed by atoms with E-state index in [0.29, 0.717) is 0 Å². The summed E-state index contributed by atoms with van der Waals surface area (Å²) < 4.78 is 0. The average molecular weight is 124 g/mol. The fraction of sp³-hybridized carbons (Fsp3) is 1.00. The zero-order chi connectivity index (χ0) is 6.16. The van der Waals surface area contributed by atoms with E-state index in [2.05, 4.69) is 20.5 Å². The van der Waals surface area contributed by atoms with Gasteiger partial charge in [-0.3, -0.25) is 0 Å². The van der Waals surface area contributed by atoms with Gasteiger partial charge in [-0.05, 0) is 0 Å². The molecule has 0 saturated carbocycles. The Bertz CT molecular complexity index is 152. The summed E-state index contributed by atoms with van der Waals surface area (Å²) >= 11 is 0. The topological polar surface area (TPSA) is 49.4 Å². The molecule has 0 fully saturated rings. The van der Waals surface area contributed by atoms with Crippen LogP contribution in [0, 0.1) is 0 Å². The van der Waals surface area contributed by atoms with E-state index in [-0.39, 0.29) is 5.66 Å². The van der Waals surface area contributed by atoms with Crippen LogP contribution >= 0.6 is 0 Å². The van der Waals surface area contributed by atoms with E-state index in [1.807, 2.05) is 0 Å². The van der Waals surface area contributed by atoms with Crippen LogP contribution in [0.2, 0.25) is 0 Å². The molecular formula is C5H8N4. The Balaban J connectivity index is 2.23. The fourth-order valence-electron chi connectivity index (χ4n) is 1.17. The third-order valence-electron chi connectivity index (χ3n) is 1.74. The van der Waals surface area contributed by atoms with Crippen molar-refractivity contribution in [1.29, 1.82) is 0 Å². The second kappa shape index (κ2) is 1.59. The molecule has 2 heterocycles. The molecule has 0 atom stereocenters. The van der Waals surface area contributed by atoms with Gasteiger partial charge < -0.3 is 0 Å². The van der Waals surface area contributed by atoms with Gasteiger partial charge in [0, 0.05) is 12.8 Å². The van der Waals surface area contributed by atoms with Crippen LogP contribution in [0.4, 0.5) is 0 Å². The van der Waals surface area contributed by atoms with Gasteiger partial charge in [0.15, 0.2) is 5.66 Å². The molecule has 2 rings (SSSR count). The lowest BCUT2D eigenvalue weighted by Gasteiger charge is -2.08. The van der Waals surface area contributed by atoms with E-state index in [1.54, 1.807) is 0 Å². The molecule has 0 aromatic carbocycles. The maximum absolute atomic E-state index is 4.03. The quantitative estimate of drug-likeness (QED) is 0.468. The van der Waals surface area contributed by atoms with E-state index in [0.717, 1.165) is 25.9 Å². The standard InChI is InChI=1S/C5H8N4/c1-3-6-8-5(1)2-4-7-9-5/h1-4H2. The van der Waals surface area contributed by atoms with Crippen LogP contribution in [0.25, 0.3) is 0 Å². The van der Waals surface area contributed by atoms with Crippen LogP contribution < -0.4 is 0 Å². The molecule has 0 bridgehead atoms. The van der Waals surface area contributed by atoms with Gasteiger partial charge in [0.25, 0.3) is 0 Å². The van der Waals surface area contributed by atoms with Gasteiger partial charge in [-0.15, -0.1) is 0 Å². The Kier molecular flexibility index (Phi) is 0.886. The largest absolute Gasteiger partial charge is 0.194 e. The number of azo groups is 2. The first-order valence-corrected chi connectivity index (χ1v) is 3.19. The number of rotatable bonds is 0. The van der Waals surface area contributed by atoms with Gasteiger partial charge in [0.05, 0.1) is 13.1 Å². The summed E-state index contributed by atoms with van der Waals surface area (Å²) in [6.07, 6.45) is 1.94. The van der Waals surface area contributed by atoms with Crippen LogP contribution in [0.3, 0.4) is 0 Å². The molecule has 0 radical (unpaired) electrons. The summed E-state index contributed by atoms with van der Waals surface area (Å²) in [6, 6.07) is 0. The van der Waals surface area contributed by atoms with Crippen molar-refractivity contribution in [2.24, 2.45) is 20.5 Å². The van der Waals surface area contributed by atoms with Gasteiger partial charge in [0.2, 0.25) is 0 Å². The first-order valence-electron chi connectivity index (χ1n) is 3.19. The summed E-state index contributed by atoms with van der Waals surface area (Å²) in [5.41, 5.74) is -0.194. The van der Waals surface area contributed by atoms with Gasteiger partial charge in [-0.1, -0.05) is 0 Å². The molecule has 4 nitrogen and oxygen atoms in total. The molecule has 48 valence electrons. The molecule has 2 aliphatic rings. The monoisotopic (exact) mass is 124 g/mol. The second-order valence-corrected chi connectivity index (χ2v) is 2.41. The number of nitrogens with zero attached hydrogens (tertiary/aromatic N) is 4. The highest BCUT2D eigenvalue weighted by atomic mass is 15.4. The van der Waals surface area contributed by atoms with E-state index in [9.17, 15) is 0 Å². The SMILES string of the molecule is C1CC2(CCN=N2)N=N1. The lowest BCUT2D eigenvalue weighted by molar-refractivity contribution is 0.460. The molecular weight excluding hydrogens is 116 g/mol. The van der Waals surface area contributed by atoms with Crippen molar-refractivity contribution in [3.8, 4) is 0 Å². The highest BCUT2D eigenvalue weighted by molar-refractivity contribution is 4.91. The predicted octanol–water partition coefficient (Wildman–Crippen LogP) is 1.39. The van der Waals surface area contributed by atoms with Crippen molar-refractivity contribution >= 4 is 0 Å². The van der Waals surface area contributed by atoms with Crippen LogP contribution in [0.1, 0.15) is 12.8 Å². The molecule has 2 aliphatic heterocycles. The fourth-order valence-corrected chi connectivity index (χ4v) is 1.17. The normalized spacial score (nSPS) is 28.4. The zero-order valence-electron chi connectivity index (χ0n) is 5.12. The minimum Gasteiger partial charge on any atom is -0.191 e. The van der Waals surface area contributed by atoms with Gasteiger partial charge in [-0.25, -0.2) is 0 Å². The van der Waals surface area contributed by atoms with Crippen molar-refractivity contribution in [2.75, 3.05) is 13.1 Å². The average Bonchev–Trinajstić information content (AvgIpc) is 2.45. The van der Waals surface area contributed by atoms with Crippen molar-refractivity contribution in [3.63, 3.8) is 0 Å². The van der Waals surface area contributed by atoms with Gasteiger partial charge in [-0.2, -0.15) is 20.5 Å². The maximum atomic E-state index is 4.03.